The molecule has 2 aromatic rings. The summed E-state index contributed by atoms with van der Waals surface area (Å²) in [4.78, 5) is 7.94. The highest BCUT2D eigenvalue weighted by Gasteiger charge is 2.42. The molecule has 1 heterocycles. The summed E-state index contributed by atoms with van der Waals surface area (Å²) in [5, 5.41) is 20.3. The van der Waals surface area contributed by atoms with Crippen molar-refractivity contribution in [2.75, 3.05) is 0 Å². The molecule has 0 spiro atoms. The fraction of sp³-hybridized carbons (Fsp3) is 0.312. The zero-order chi connectivity index (χ0) is 14.0. The van der Waals surface area contributed by atoms with E-state index >= 15 is 0 Å². The van der Waals surface area contributed by atoms with Crippen LogP contribution in [-0.2, 0) is 12.8 Å². The summed E-state index contributed by atoms with van der Waals surface area (Å²) in [5.74, 6) is 0. The van der Waals surface area contributed by atoms with E-state index in [1.165, 1.54) is 11.9 Å². The van der Waals surface area contributed by atoms with Crippen LogP contribution >= 0.6 is 0 Å². The number of nitrogens with zero attached hydrogens (tertiary/aromatic N) is 3. The first kappa shape index (κ1) is 12.8. The normalized spacial score (nSPS) is 22.6. The molecule has 3 rings (SSSR count). The Hall–Kier alpha value is -2.25. The summed E-state index contributed by atoms with van der Waals surface area (Å²) in [6, 6.07) is 12.1. The Labute approximate surface area is 117 Å². The largest absolute Gasteiger partial charge is 0.385 e. The second kappa shape index (κ2) is 5.03. The van der Waals surface area contributed by atoms with Gasteiger partial charge in [-0.1, -0.05) is 24.3 Å². The molecular weight excluding hydrogens is 250 g/mol. The Bertz CT molecular complexity index is 650. The molecule has 2 atom stereocenters. The Morgan fingerprint density at radius 2 is 2.05 bits per heavy atom. The smallest absolute Gasteiger partial charge is 0.115 e. The van der Waals surface area contributed by atoms with Gasteiger partial charge in [-0.3, -0.25) is 0 Å². The van der Waals surface area contributed by atoms with Crippen molar-refractivity contribution < 1.29 is 5.11 Å². The van der Waals surface area contributed by atoms with Crippen molar-refractivity contribution >= 4 is 0 Å². The van der Waals surface area contributed by atoms with Gasteiger partial charge in [-0.2, -0.15) is 5.26 Å². The maximum absolute atomic E-state index is 10.6. The molecule has 0 amide bonds. The predicted molar refractivity (Wildman–Crippen MR) is 73.5 cm³/mol. The molecule has 0 saturated carbocycles. The molecule has 4 nitrogen and oxygen atoms in total. The van der Waals surface area contributed by atoms with Crippen LogP contribution in [0.4, 0.5) is 0 Å². The first-order valence-corrected chi connectivity index (χ1v) is 6.67. The first-order chi connectivity index (χ1) is 9.75. The van der Waals surface area contributed by atoms with Crippen molar-refractivity contribution in [3.8, 4) is 6.07 Å². The molecule has 20 heavy (non-hydrogen) atoms. The molecule has 0 bridgehead atoms. The number of aryl methyl sites for hydroxylation is 1. The molecule has 1 aromatic carbocycles. The van der Waals surface area contributed by atoms with E-state index in [0.29, 0.717) is 18.5 Å². The molecule has 1 aromatic heterocycles. The summed E-state index contributed by atoms with van der Waals surface area (Å²) >= 11 is 0. The van der Waals surface area contributed by atoms with Gasteiger partial charge in [0.1, 0.15) is 12.4 Å². The standard InChI is InChI=1S/C16H15N3O/c17-10-16(15(20)14-6-8-18-11-19-14)7-5-12-3-1-2-4-13(12)9-16/h1-4,6,8,11,15,20H,5,7,9H2. The summed E-state index contributed by atoms with van der Waals surface area (Å²) < 4.78 is 0. The highest BCUT2D eigenvalue weighted by Crippen LogP contribution is 2.43. The van der Waals surface area contributed by atoms with Gasteiger partial charge < -0.3 is 5.11 Å². The fourth-order valence-corrected chi connectivity index (χ4v) is 2.90. The van der Waals surface area contributed by atoms with Crippen LogP contribution in [-0.4, -0.2) is 15.1 Å². The number of hydrogen-bond donors (Lipinski definition) is 1. The van der Waals surface area contributed by atoms with E-state index in [1.807, 2.05) is 18.2 Å². The van der Waals surface area contributed by atoms with Crippen LogP contribution in [0.2, 0.25) is 0 Å². The van der Waals surface area contributed by atoms with E-state index in [-0.39, 0.29) is 0 Å². The van der Waals surface area contributed by atoms with Crippen LogP contribution < -0.4 is 0 Å². The molecule has 1 N–H and O–H groups in total. The van der Waals surface area contributed by atoms with E-state index in [9.17, 15) is 10.4 Å². The van der Waals surface area contributed by atoms with Gasteiger partial charge in [0.15, 0.2) is 0 Å². The van der Waals surface area contributed by atoms with Crippen molar-refractivity contribution in [3.05, 3.63) is 59.7 Å². The predicted octanol–water partition coefficient (Wildman–Crippen LogP) is 2.21. The lowest BCUT2D eigenvalue weighted by Crippen LogP contribution is -2.34. The Balaban J connectivity index is 1.97. The zero-order valence-electron chi connectivity index (χ0n) is 11.0. The number of aromatic nitrogens is 2. The third kappa shape index (κ3) is 2.06. The van der Waals surface area contributed by atoms with E-state index in [4.69, 9.17) is 0 Å². The van der Waals surface area contributed by atoms with Gasteiger partial charge in [0, 0.05) is 6.20 Å². The average molecular weight is 265 g/mol. The molecule has 2 unspecified atom stereocenters. The summed E-state index contributed by atoms with van der Waals surface area (Å²) in [6.45, 7) is 0. The molecule has 0 fully saturated rings. The van der Waals surface area contributed by atoms with Crippen LogP contribution in [0.25, 0.3) is 0 Å². The fourth-order valence-electron chi connectivity index (χ4n) is 2.90. The van der Waals surface area contributed by atoms with Crippen LogP contribution in [0, 0.1) is 16.7 Å². The van der Waals surface area contributed by atoms with E-state index in [0.717, 1.165) is 12.0 Å². The van der Waals surface area contributed by atoms with Crippen LogP contribution in [0.1, 0.15) is 29.3 Å². The van der Waals surface area contributed by atoms with E-state index in [2.05, 4.69) is 22.1 Å². The minimum atomic E-state index is -0.885. The molecule has 1 aliphatic carbocycles. The highest BCUT2D eigenvalue weighted by atomic mass is 16.3. The Kier molecular flexibility index (Phi) is 3.21. The number of aliphatic hydroxyl groups excluding tert-OH is 1. The van der Waals surface area contributed by atoms with E-state index < -0.39 is 11.5 Å². The van der Waals surface area contributed by atoms with Crippen molar-refractivity contribution in [2.45, 2.75) is 25.4 Å². The number of hydrogen-bond acceptors (Lipinski definition) is 4. The van der Waals surface area contributed by atoms with E-state index in [1.54, 1.807) is 12.3 Å². The minimum Gasteiger partial charge on any atom is -0.385 e. The minimum absolute atomic E-state index is 0.515. The second-order valence-electron chi connectivity index (χ2n) is 5.25. The maximum atomic E-state index is 10.6. The summed E-state index contributed by atoms with van der Waals surface area (Å²) in [7, 11) is 0. The van der Waals surface area contributed by atoms with Crippen LogP contribution in [0.5, 0.6) is 0 Å². The first-order valence-electron chi connectivity index (χ1n) is 6.67. The van der Waals surface area contributed by atoms with Gasteiger partial charge in [0.05, 0.1) is 17.2 Å². The quantitative estimate of drug-likeness (QED) is 0.903. The van der Waals surface area contributed by atoms with Crippen molar-refractivity contribution in [2.24, 2.45) is 5.41 Å². The lowest BCUT2D eigenvalue weighted by atomic mass is 9.68. The monoisotopic (exact) mass is 265 g/mol. The van der Waals surface area contributed by atoms with Crippen LogP contribution in [0.15, 0.2) is 42.9 Å². The number of aliphatic hydroxyl groups is 1. The number of rotatable bonds is 2. The number of benzene rings is 1. The van der Waals surface area contributed by atoms with Crippen LogP contribution in [0.3, 0.4) is 0 Å². The van der Waals surface area contributed by atoms with Crippen molar-refractivity contribution in [1.82, 2.24) is 9.97 Å². The third-order valence-corrected chi connectivity index (χ3v) is 4.10. The molecule has 0 aliphatic heterocycles. The number of nitriles is 1. The molecule has 0 radical (unpaired) electrons. The topological polar surface area (TPSA) is 69.8 Å². The molecule has 100 valence electrons. The Morgan fingerprint density at radius 3 is 2.75 bits per heavy atom. The maximum Gasteiger partial charge on any atom is 0.115 e. The third-order valence-electron chi connectivity index (χ3n) is 4.10. The summed E-state index contributed by atoms with van der Waals surface area (Å²) in [6.07, 6.45) is 4.12. The SMILES string of the molecule is N#CC1(C(O)c2ccncn2)CCc2ccccc2C1. The Morgan fingerprint density at radius 1 is 1.25 bits per heavy atom. The zero-order valence-corrected chi connectivity index (χ0v) is 11.0. The van der Waals surface area contributed by atoms with Gasteiger partial charge in [-0.05, 0) is 36.5 Å². The molecule has 1 aliphatic rings. The summed E-state index contributed by atoms with van der Waals surface area (Å²) in [5.41, 5.74) is 2.13. The lowest BCUT2D eigenvalue weighted by molar-refractivity contribution is 0.0489. The number of fused-ring (bicyclic) bond motifs is 1. The van der Waals surface area contributed by atoms with Gasteiger partial charge in [-0.15, -0.1) is 0 Å². The molecule has 4 heteroatoms. The van der Waals surface area contributed by atoms with Gasteiger partial charge in [0.25, 0.3) is 0 Å². The highest BCUT2D eigenvalue weighted by molar-refractivity contribution is 5.34. The van der Waals surface area contributed by atoms with Crippen molar-refractivity contribution in [1.29, 1.82) is 5.26 Å². The molecule has 0 saturated heterocycles. The van der Waals surface area contributed by atoms with Gasteiger partial charge >= 0.3 is 0 Å². The average Bonchev–Trinajstić information content (AvgIpc) is 2.54. The lowest BCUT2D eigenvalue weighted by Gasteiger charge is -2.35. The second-order valence-corrected chi connectivity index (χ2v) is 5.25. The van der Waals surface area contributed by atoms with Crippen molar-refractivity contribution in [3.63, 3.8) is 0 Å². The van der Waals surface area contributed by atoms with Gasteiger partial charge in [-0.25, -0.2) is 9.97 Å². The molecular formula is C16H15N3O. The van der Waals surface area contributed by atoms with Gasteiger partial charge in [0.2, 0.25) is 0 Å².